The van der Waals surface area contributed by atoms with Crippen molar-refractivity contribution in [3.8, 4) is 0 Å². The monoisotopic (exact) mass is 314 g/mol. The van der Waals surface area contributed by atoms with E-state index in [1.54, 1.807) is 11.4 Å². The zero-order chi connectivity index (χ0) is 15.7. The van der Waals surface area contributed by atoms with E-state index in [-0.39, 0.29) is 11.9 Å². The Kier molecular flexibility index (Phi) is 3.98. The largest absolute Gasteiger partial charge is 0.366 e. The zero-order valence-corrected chi connectivity index (χ0v) is 13.2. The van der Waals surface area contributed by atoms with Crippen LogP contribution in [0, 0.1) is 12.8 Å². The van der Waals surface area contributed by atoms with E-state index < -0.39 is 5.91 Å². The third-order valence-corrected chi connectivity index (χ3v) is 4.94. The molecule has 5 heteroatoms. The lowest BCUT2D eigenvalue weighted by Gasteiger charge is -2.20. The molecule has 114 valence electrons. The Morgan fingerprint density at radius 2 is 2.05 bits per heavy atom. The molecule has 1 aliphatic rings. The van der Waals surface area contributed by atoms with Gasteiger partial charge < -0.3 is 11.1 Å². The molecule has 4 nitrogen and oxygen atoms in total. The molecule has 1 fully saturated rings. The van der Waals surface area contributed by atoms with E-state index in [4.69, 9.17) is 5.73 Å². The number of hydrogen-bond acceptors (Lipinski definition) is 3. The fourth-order valence-electron chi connectivity index (χ4n) is 2.61. The van der Waals surface area contributed by atoms with Crippen LogP contribution < -0.4 is 11.1 Å². The molecule has 0 aliphatic heterocycles. The summed E-state index contributed by atoms with van der Waals surface area (Å²) >= 11 is 1.25. The van der Waals surface area contributed by atoms with Gasteiger partial charge in [-0.05, 0) is 42.9 Å². The number of benzene rings is 1. The molecule has 1 aromatic heterocycles. The number of carbonyl (C=O) groups is 2. The molecule has 2 aromatic rings. The second-order valence-corrected chi connectivity index (χ2v) is 6.62. The Morgan fingerprint density at radius 3 is 2.64 bits per heavy atom. The molecule has 1 atom stereocenters. The number of rotatable bonds is 5. The first-order valence-corrected chi connectivity index (χ1v) is 8.19. The topological polar surface area (TPSA) is 72.2 Å². The van der Waals surface area contributed by atoms with Crippen LogP contribution in [-0.2, 0) is 0 Å². The highest BCUT2D eigenvalue weighted by molar-refractivity contribution is 7.12. The summed E-state index contributed by atoms with van der Waals surface area (Å²) in [5.41, 5.74) is 7.97. The molecular weight excluding hydrogens is 296 g/mol. The van der Waals surface area contributed by atoms with Crippen molar-refractivity contribution in [3.05, 3.63) is 57.3 Å². The van der Waals surface area contributed by atoms with Crippen molar-refractivity contribution in [2.45, 2.75) is 25.8 Å². The molecule has 0 spiro atoms. The minimum Gasteiger partial charge on any atom is -0.366 e. The summed E-state index contributed by atoms with van der Waals surface area (Å²) in [6.07, 6.45) is 2.27. The van der Waals surface area contributed by atoms with Crippen LogP contribution in [0.4, 0.5) is 0 Å². The van der Waals surface area contributed by atoms with Gasteiger partial charge in [0.2, 0.25) is 5.91 Å². The highest BCUT2D eigenvalue weighted by Crippen LogP contribution is 2.42. The van der Waals surface area contributed by atoms with Crippen LogP contribution in [0.1, 0.15) is 50.0 Å². The van der Waals surface area contributed by atoms with Gasteiger partial charge in [-0.3, -0.25) is 9.59 Å². The average Bonchev–Trinajstić information content (AvgIpc) is 3.20. The molecule has 0 unspecified atom stereocenters. The number of thiophene rings is 1. The Labute approximate surface area is 133 Å². The van der Waals surface area contributed by atoms with Crippen molar-refractivity contribution in [1.82, 2.24) is 5.32 Å². The third kappa shape index (κ3) is 3.04. The summed E-state index contributed by atoms with van der Waals surface area (Å²) in [6.45, 7) is 2.06. The van der Waals surface area contributed by atoms with Crippen molar-refractivity contribution in [3.63, 3.8) is 0 Å². The van der Waals surface area contributed by atoms with Crippen LogP contribution in [0.2, 0.25) is 0 Å². The van der Waals surface area contributed by atoms with E-state index in [2.05, 4.69) is 24.4 Å². The molecule has 3 N–H and O–H groups in total. The predicted molar refractivity (Wildman–Crippen MR) is 86.9 cm³/mol. The second kappa shape index (κ2) is 5.93. The number of amides is 2. The van der Waals surface area contributed by atoms with E-state index in [1.165, 1.54) is 22.5 Å². The predicted octanol–water partition coefficient (Wildman–Crippen LogP) is 3.04. The lowest BCUT2D eigenvalue weighted by Crippen LogP contribution is -2.29. The van der Waals surface area contributed by atoms with E-state index in [0.29, 0.717) is 16.4 Å². The summed E-state index contributed by atoms with van der Waals surface area (Å²) < 4.78 is 0. The summed E-state index contributed by atoms with van der Waals surface area (Å²) in [5.74, 6) is -0.147. The van der Waals surface area contributed by atoms with E-state index in [0.717, 1.165) is 12.8 Å². The Hall–Kier alpha value is -2.14. The lowest BCUT2D eigenvalue weighted by atomic mass is 9.97. The summed E-state index contributed by atoms with van der Waals surface area (Å²) in [5, 5.41) is 4.75. The molecule has 22 heavy (non-hydrogen) atoms. The number of aryl methyl sites for hydroxylation is 1. The molecular formula is C17H18N2O2S. The highest BCUT2D eigenvalue weighted by atomic mass is 32.1. The number of carbonyl (C=O) groups excluding carboxylic acids is 2. The van der Waals surface area contributed by atoms with Crippen molar-refractivity contribution in [2.75, 3.05) is 0 Å². The van der Waals surface area contributed by atoms with Crippen LogP contribution in [-0.4, -0.2) is 11.8 Å². The Morgan fingerprint density at radius 1 is 1.32 bits per heavy atom. The van der Waals surface area contributed by atoms with Gasteiger partial charge in [-0.25, -0.2) is 0 Å². The lowest BCUT2D eigenvalue weighted by molar-refractivity contribution is 0.0935. The van der Waals surface area contributed by atoms with Crippen LogP contribution in [0.25, 0.3) is 0 Å². The van der Waals surface area contributed by atoms with Crippen LogP contribution in [0.15, 0.2) is 35.7 Å². The van der Waals surface area contributed by atoms with E-state index in [9.17, 15) is 9.59 Å². The molecule has 0 saturated heterocycles. The molecule has 1 aromatic carbocycles. The Bertz CT molecular complexity index is 719. The average molecular weight is 314 g/mol. The highest BCUT2D eigenvalue weighted by Gasteiger charge is 2.34. The second-order valence-electron chi connectivity index (χ2n) is 5.71. The van der Waals surface area contributed by atoms with Crippen LogP contribution >= 0.6 is 11.3 Å². The number of nitrogens with two attached hydrogens (primary N) is 1. The van der Waals surface area contributed by atoms with Gasteiger partial charge in [0.25, 0.3) is 5.91 Å². The standard InChI is InChI=1S/C17H18N2O2S/c1-10-4-2-3-5-13(10)15(11-6-7-11)19-17(21)14-8-12(9-22-14)16(18)20/h2-5,8-9,11,15H,6-7H2,1H3,(H2,18,20)(H,19,21)/t15-/m0/s1. The van der Waals surface area contributed by atoms with Gasteiger partial charge in [-0.15, -0.1) is 11.3 Å². The normalized spacial score (nSPS) is 15.3. The van der Waals surface area contributed by atoms with Gasteiger partial charge in [-0.1, -0.05) is 24.3 Å². The molecule has 2 amide bonds. The molecule has 0 bridgehead atoms. The van der Waals surface area contributed by atoms with E-state index >= 15 is 0 Å². The first kappa shape index (κ1) is 14.8. The number of nitrogens with one attached hydrogen (secondary N) is 1. The van der Waals surface area contributed by atoms with Gasteiger partial charge in [0.1, 0.15) is 0 Å². The molecule has 3 rings (SSSR count). The fraction of sp³-hybridized carbons (Fsp3) is 0.294. The number of primary amides is 1. The number of hydrogen-bond donors (Lipinski definition) is 2. The molecule has 1 saturated carbocycles. The molecule has 0 radical (unpaired) electrons. The van der Waals surface area contributed by atoms with Gasteiger partial charge in [0.05, 0.1) is 16.5 Å². The fourth-order valence-corrected chi connectivity index (χ4v) is 3.41. The maximum atomic E-state index is 12.5. The SMILES string of the molecule is Cc1ccccc1[C@@H](NC(=O)c1cc(C(N)=O)cs1)C1CC1. The van der Waals surface area contributed by atoms with Crippen LogP contribution in [0.3, 0.4) is 0 Å². The van der Waals surface area contributed by atoms with Crippen molar-refractivity contribution >= 4 is 23.2 Å². The summed E-state index contributed by atoms with van der Waals surface area (Å²) in [7, 11) is 0. The maximum absolute atomic E-state index is 12.5. The first-order valence-electron chi connectivity index (χ1n) is 7.31. The minimum absolute atomic E-state index is 0.0350. The van der Waals surface area contributed by atoms with Crippen molar-refractivity contribution in [1.29, 1.82) is 0 Å². The summed E-state index contributed by atoms with van der Waals surface area (Å²) in [4.78, 5) is 24.1. The summed E-state index contributed by atoms with van der Waals surface area (Å²) in [6, 6.07) is 9.73. The van der Waals surface area contributed by atoms with Gasteiger partial charge >= 0.3 is 0 Å². The smallest absolute Gasteiger partial charge is 0.261 e. The molecule has 1 heterocycles. The Balaban J connectivity index is 1.80. The first-order chi connectivity index (χ1) is 10.6. The van der Waals surface area contributed by atoms with Gasteiger partial charge in [0.15, 0.2) is 0 Å². The van der Waals surface area contributed by atoms with Crippen molar-refractivity contribution < 1.29 is 9.59 Å². The quantitative estimate of drug-likeness (QED) is 0.890. The zero-order valence-electron chi connectivity index (χ0n) is 12.3. The third-order valence-electron chi connectivity index (χ3n) is 4.01. The minimum atomic E-state index is -0.507. The van der Waals surface area contributed by atoms with Gasteiger partial charge in [-0.2, -0.15) is 0 Å². The van der Waals surface area contributed by atoms with Crippen molar-refractivity contribution in [2.24, 2.45) is 11.7 Å². The molecule has 1 aliphatic carbocycles. The van der Waals surface area contributed by atoms with Gasteiger partial charge in [0, 0.05) is 5.38 Å². The van der Waals surface area contributed by atoms with E-state index in [1.807, 2.05) is 12.1 Å². The van der Waals surface area contributed by atoms with Crippen LogP contribution in [0.5, 0.6) is 0 Å². The maximum Gasteiger partial charge on any atom is 0.261 e.